The van der Waals surface area contributed by atoms with Gasteiger partial charge in [0.15, 0.2) is 49.6 Å². The van der Waals surface area contributed by atoms with Gasteiger partial charge in [0.1, 0.15) is 82.5 Å². The first-order valence-corrected chi connectivity index (χ1v) is 50.4. The van der Waals surface area contributed by atoms with Gasteiger partial charge < -0.3 is 102 Å². The Balaban J connectivity index is 1.95. The highest BCUT2D eigenvalue weighted by molar-refractivity contribution is 7.86. The number of hydrogen-bond acceptors (Lipinski definition) is 60. The average molecular weight is 2000 g/mol. The van der Waals surface area contributed by atoms with E-state index in [0.29, 0.717) is 12.8 Å². The lowest BCUT2D eigenvalue weighted by molar-refractivity contribution is -0.377. The van der Waals surface area contributed by atoms with Crippen LogP contribution in [0.3, 0.4) is 0 Å². The molecule has 0 saturated carbocycles. The summed E-state index contributed by atoms with van der Waals surface area (Å²) in [4.78, 5) is 12.7. The molecule has 0 bridgehead atoms. The molecular formula is C45H70NO60S13-13. The van der Waals surface area contributed by atoms with Gasteiger partial charge in [-0.05, 0) is 12.8 Å². The van der Waals surface area contributed by atoms with Crippen molar-refractivity contribution >= 4 is 141 Å². The van der Waals surface area contributed by atoms with Crippen molar-refractivity contribution in [1.29, 1.82) is 0 Å². The van der Waals surface area contributed by atoms with Crippen molar-refractivity contribution in [3.05, 3.63) is 0 Å². The van der Waals surface area contributed by atoms with Crippen LogP contribution in [-0.2, 0) is 228 Å². The average Bonchev–Trinajstić information content (AvgIpc) is 0.750. The Labute approximate surface area is 680 Å². The zero-order valence-corrected chi connectivity index (χ0v) is 70.2. The fourth-order valence-electron chi connectivity index (χ4n) is 11.6. The van der Waals surface area contributed by atoms with Gasteiger partial charge in [-0.1, -0.05) is 96.8 Å². The maximum Gasteiger partial charge on any atom is 0.219 e. The minimum atomic E-state index is -7.13. The largest absolute Gasteiger partial charge is 0.748 e. The van der Waals surface area contributed by atoms with Crippen molar-refractivity contribution in [3.63, 3.8) is 0 Å². The van der Waals surface area contributed by atoms with Crippen molar-refractivity contribution in [2.24, 2.45) is 0 Å². The van der Waals surface area contributed by atoms with Crippen molar-refractivity contribution in [3.8, 4) is 0 Å². The van der Waals surface area contributed by atoms with Crippen LogP contribution in [0.4, 0.5) is 0 Å². The molecule has 4 saturated heterocycles. The van der Waals surface area contributed by atoms with Crippen molar-refractivity contribution in [2.75, 3.05) is 39.6 Å². The van der Waals surface area contributed by atoms with Gasteiger partial charge in [-0.2, -0.15) is 0 Å². The van der Waals surface area contributed by atoms with E-state index < -0.39 is 309 Å². The molecule has 0 aliphatic carbocycles. The molecule has 0 aromatic carbocycles. The third-order valence-corrected chi connectivity index (χ3v) is 22.4. The quantitative estimate of drug-likeness (QED) is 0.0336. The molecule has 0 aromatic rings. The van der Waals surface area contributed by atoms with Crippen LogP contribution < -0.4 is 5.32 Å². The lowest BCUT2D eigenvalue weighted by Crippen LogP contribution is -2.70. The molecule has 706 valence electrons. The molecule has 0 radical (unpaired) electrons. The Bertz CT molecular complexity index is 4860. The second kappa shape index (κ2) is 45.5. The summed E-state index contributed by atoms with van der Waals surface area (Å²) in [6, 6.07) is 0. The Kier molecular flexibility index (Phi) is 41.6. The normalized spacial score (nSPS) is 29.2. The van der Waals surface area contributed by atoms with E-state index >= 15 is 0 Å². The van der Waals surface area contributed by atoms with E-state index in [9.17, 15) is 173 Å². The van der Waals surface area contributed by atoms with Crippen molar-refractivity contribution < 1.29 is 262 Å². The molecule has 4 aliphatic rings. The second-order valence-electron chi connectivity index (χ2n) is 24.7. The van der Waals surface area contributed by atoms with E-state index in [2.05, 4.69) is 62.4 Å². The molecule has 4 heterocycles. The molecule has 4 aliphatic heterocycles. The molecule has 74 heteroatoms. The Morgan fingerprint density at radius 1 is 0.277 bits per heavy atom. The molecule has 20 atom stereocenters. The Hall–Kier alpha value is -2.50. The summed E-state index contributed by atoms with van der Waals surface area (Å²) in [6.45, 7) is -8.95. The van der Waals surface area contributed by atoms with Crippen LogP contribution in [0.2, 0.25) is 0 Å². The lowest BCUT2D eigenvalue weighted by Gasteiger charge is -2.52. The molecule has 1 N–H and O–H groups in total. The van der Waals surface area contributed by atoms with Gasteiger partial charge >= 0.3 is 0 Å². The van der Waals surface area contributed by atoms with Crippen LogP contribution in [0.5, 0.6) is 0 Å². The number of unbranched alkanes of at least 4 members (excludes halogenated alkanes) is 14. The Morgan fingerprint density at radius 3 is 0.790 bits per heavy atom. The highest BCUT2D eigenvalue weighted by atomic mass is 32.3. The molecule has 61 nitrogen and oxygen atoms in total. The van der Waals surface area contributed by atoms with E-state index in [4.69, 9.17) is 37.9 Å². The number of rotatable bonds is 56. The summed E-state index contributed by atoms with van der Waals surface area (Å²) in [5, 5.41) is -1.45. The fourth-order valence-corrected chi connectivity index (χ4v) is 17.8. The summed E-state index contributed by atoms with van der Waals surface area (Å²) >= 11 is 0. The second-order valence-corrected chi connectivity index (χ2v) is 38.5. The van der Waals surface area contributed by atoms with Gasteiger partial charge in [0.2, 0.25) is 131 Å². The first kappa shape index (κ1) is 109. The number of hydrogen-bond donors (Lipinski definition) is 1. The number of nitrogens with one attached hydrogen (secondary N) is 1. The first-order chi connectivity index (χ1) is 54.0. The zero-order valence-electron chi connectivity index (χ0n) is 59.6. The minimum Gasteiger partial charge on any atom is -0.748 e. The van der Waals surface area contributed by atoms with E-state index in [0.717, 1.165) is 57.8 Å². The van der Waals surface area contributed by atoms with Gasteiger partial charge in [-0.25, -0.2) is 109 Å². The SMILES string of the molecule is CCCCCCCCCCCCCCCCCC(=O)NCCCO[C@@H]1O[C@H](COS(=O)(=O)[O-])[C@@H](O[C@H]2O[C@H](COS(=O)(=O)[O-])[C@@H](O[C@H]3O[C@H](COS(=O)(=O)[O-])[C@@H](O[C@H]4O[C@H](COS(=O)(=O)[O-])C(S(=O)(=O)[O-])[C@H](OS(=O)(=O)[O-])[C@H]4OS(=O)(=O)[O-])[C@H](OS(=O)(=O)[O-])[C@H]3OS(=O)(=O)[O-])[C@H](OS(=O)(=O)[O-])[C@H]2OS(=O)(=O)[O-])[C@H](OS(=O)(=O)[O-])[C@H]1OS(=O)(=O)[O-]. The lowest BCUT2D eigenvalue weighted by atomic mass is 9.95. The van der Waals surface area contributed by atoms with Gasteiger partial charge in [-0.15, -0.1) is 0 Å². The van der Waals surface area contributed by atoms with Gasteiger partial charge in [0, 0.05) is 13.0 Å². The number of amides is 1. The monoisotopic (exact) mass is 2000 g/mol. The summed E-state index contributed by atoms with van der Waals surface area (Å²) < 4.78 is 573. The number of ether oxygens (including phenoxy) is 8. The topological polar surface area (TPSA) is 957 Å². The standard InChI is InChI=1S/C45H83NO60S13/c1-2-3-4-5-6-7-8-9-10-11-12-13-14-15-16-18-29(47)46-19-17-20-87-42-37(103-116(75,76)77)33(99-112(63,64)65)30(25(92-42)21-88-108(51,52)53)96-43-38(104-117(78,79)80)34(100-113(66,67)68)31(26(93-43)22-89-109(54,55)56)97-44-39(105-118(81,82)83)35(101-114(69,70)71)32(27(94-44)23-90-110(57,58)59)98-45-40(106-119(84,85)86)36(102-115(72,73)74)41(107(48,49)50)28(95-45)24-91-111(60,61)62/h25-28,30-45H,2-24H2,1H3,(H,46,47)(H,48,49,50)(H,51,52,53)(H,54,55,56)(H,57,58,59)(H,60,61,62)(H,63,64,65)(H,66,67,68)(H,69,70,71)(H,72,73,74)(H,75,76,77)(H,78,79,80)(H,81,82,83)(H,84,85,86)/p-13/t25-,26-,27-,28-,30-,31-,32-,33+,34+,35+,36-,37-,38-,39-,40-,41?,42-,43-,44-,45-/m1/s1. The van der Waals surface area contributed by atoms with E-state index in [1.807, 2.05) is 0 Å². The summed E-state index contributed by atoms with van der Waals surface area (Å²) in [5.41, 5.74) is 0. The summed E-state index contributed by atoms with van der Waals surface area (Å²) in [7, 11) is -88.2. The smallest absolute Gasteiger partial charge is 0.219 e. The molecule has 4 fully saturated rings. The molecule has 119 heavy (non-hydrogen) atoms. The summed E-state index contributed by atoms with van der Waals surface area (Å²) in [6.07, 6.45) is -57.2. The highest BCUT2D eigenvalue weighted by Crippen LogP contribution is 2.42. The fraction of sp³-hybridized carbons (Fsp3) is 0.978. The molecule has 0 aromatic heterocycles. The van der Waals surface area contributed by atoms with Crippen LogP contribution in [0.1, 0.15) is 116 Å². The van der Waals surface area contributed by atoms with Crippen molar-refractivity contribution in [2.45, 2.75) is 238 Å². The molecule has 4 rings (SSSR count). The van der Waals surface area contributed by atoms with E-state index in [1.54, 1.807) is 0 Å². The van der Waals surface area contributed by atoms with Gasteiger partial charge in [-0.3, -0.25) is 55.0 Å². The Morgan fingerprint density at radius 2 is 0.513 bits per heavy atom. The molecule has 1 unspecified atom stereocenters. The molecular weight excluding hydrogens is 1930 g/mol. The van der Waals surface area contributed by atoms with Crippen LogP contribution >= 0.6 is 0 Å². The van der Waals surface area contributed by atoms with Crippen molar-refractivity contribution in [1.82, 2.24) is 5.32 Å². The van der Waals surface area contributed by atoms with Crippen LogP contribution in [0, 0.1) is 0 Å². The number of carbonyl (C=O) groups is 1. The zero-order chi connectivity index (χ0) is 90.7. The molecule has 1 amide bonds. The number of carbonyl (C=O) groups excluding carboxylic acids is 1. The van der Waals surface area contributed by atoms with Crippen LogP contribution in [0.15, 0.2) is 0 Å². The maximum absolute atomic E-state index is 12.8. The van der Waals surface area contributed by atoms with Gasteiger partial charge in [0.05, 0.1) is 33.0 Å². The van der Waals surface area contributed by atoms with E-state index in [-0.39, 0.29) is 6.42 Å². The third kappa shape index (κ3) is 43.7. The predicted molar refractivity (Wildman–Crippen MR) is 345 cm³/mol. The minimum absolute atomic E-state index is 0.0581. The van der Waals surface area contributed by atoms with Gasteiger partial charge in [0.25, 0.3) is 0 Å². The molecule has 0 spiro atoms. The van der Waals surface area contributed by atoms with E-state index in [1.165, 1.54) is 25.7 Å². The predicted octanol–water partition coefficient (Wildman–Crippen LogP) is -9.59. The van der Waals surface area contributed by atoms with Crippen LogP contribution in [0.25, 0.3) is 0 Å². The third-order valence-electron chi connectivity index (χ3n) is 15.8. The maximum atomic E-state index is 12.8. The highest BCUT2D eigenvalue weighted by Gasteiger charge is 2.62. The summed E-state index contributed by atoms with van der Waals surface area (Å²) in [5.74, 6) is -0.584. The van der Waals surface area contributed by atoms with Crippen LogP contribution in [-0.4, -0.2) is 336 Å². The first-order valence-electron chi connectivity index (χ1n) is 32.9.